The van der Waals surface area contributed by atoms with Crippen LogP contribution in [0.2, 0.25) is 0 Å². The van der Waals surface area contributed by atoms with E-state index in [1.807, 2.05) is 50.2 Å². The molecule has 0 radical (unpaired) electrons. The fourth-order valence-electron chi connectivity index (χ4n) is 2.56. The third-order valence-electron chi connectivity index (χ3n) is 3.84. The van der Waals surface area contributed by atoms with Crippen LogP contribution in [-0.4, -0.2) is 38.0 Å². The van der Waals surface area contributed by atoms with Crippen LogP contribution in [0.5, 0.6) is 0 Å². The monoisotopic (exact) mass is 360 g/mol. The lowest BCUT2D eigenvalue weighted by atomic mass is 10.1. The summed E-state index contributed by atoms with van der Waals surface area (Å²) in [5.74, 6) is -0.201. The maximum atomic E-state index is 12.2. The third kappa shape index (κ3) is 5.99. The molecule has 6 heteroatoms. The standard InChI is InChI=1S/C19H24N2O3S/c1-15-6-4-8-17(12-15)14-21(25(3,23)24)11-10-20-19(22)18-9-5-7-16(2)13-18/h4-9,12-13H,10-11,14H2,1-3H3,(H,20,22). The van der Waals surface area contributed by atoms with Crippen molar-refractivity contribution in [3.63, 3.8) is 0 Å². The zero-order valence-electron chi connectivity index (χ0n) is 14.8. The van der Waals surface area contributed by atoms with Gasteiger partial charge in [-0.05, 0) is 31.5 Å². The fraction of sp³-hybridized carbons (Fsp3) is 0.316. The van der Waals surface area contributed by atoms with E-state index < -0.39 is 10.0 Å². The van der Waals surface area contributed by atoms with E-state index in [0.717, 1.165) is 16.7 Å². The van der Waals surface area contributed by atoms with Gasteiger partial charge >= 0.3 is 0 Å². The van der Waals surface area contributed by atoms with Crippen molar-refractivity contribution >= 4 is 15.9 Å². The Hall–Kier alpha value is -2.18. The molecule has 0 fully saturated rings. The number of carbonyl (C=O) groups is 1. The third-order valence-corrected chi connectivity index (χ3v) is 5.09. The molecular weight excluding hydrogens is 336 g/mol. The summed E-state index contributed by atoms with van der Waals surface area (Å²) < 4.78 is 25.4. The van der Waals surface area contributed by atoms with Crippen molar-refractivity contribution in [1.82, 2.24) is 9.62 Å². The van der Waals surface area contributed by atoms with Crippen molar-refractivity contribution in [3.8, 4) is 0 Å². The highest BCUT2D eigenvalue weighted by molar-refractivity contribution is 7.88. The first-order chi connectivity index (χ1) is 11.8. The largest absolute Gasteiger partial charge is 0.351 e. The molecule has 0 bridgehead atoms. The quantitative estimate of drug-likeness (QED) is 0.825. The zero-order valence-corrected chi connectivity index (χ0v) is 15.6. The van der Waals surface area contributed by atoms with Gasteiger partial charge in [0.05, 0.1) is 6.26 Å². The van der Waals surface area contributed by atoms with E-state index in [1.165, 1.54) is 10.6 Å². The predicted octanol–water partition coefficient (Wildman–Crippen LogP) is 2.50. The average Bonchev–Trinajstić information content (AvgIpc) is 2.53. The van der Waals surface area contributed by atoms with Crippen LogP contribution in [0.1, 0.15) is 27.0 Å². The number of rotatable bonds is 7. The van der Waals surface area contributed by atoms with Crippen LogP contribution in [0, 0.1) is 13.8 Å². The van der Waals surface area contributed by atoms with Crippen molar-refractivity contribution < 1.29 is 13.2 Å². The van der Waals surface area contributed by atoms with Gasteiger partial charge in [0.2, 0.25) is 10.0 Å². The molecule has 2 rings (SSSR count). The van der Waals surface area contributed by atoms with Gasteiger partial charge in [-0.25, -0.2) is 8.42 Å². The lowest BCUT2D eigenvalue weighted by molar-refractivity contribution is 0.0951. The average molecular weight is 360 g/mol. The van der Waals surface area contributed by atoms with E-state index >= 15 is 0 Å². The summed E-state index contributed by atoms with van der Waals surface area (Å²) in [5.41, 5.74) is 3.59. The van der Waals surface area contributed by atoms with Gasteiger partial charge in [0, 0.05) is 25.2 Å². The molecule has 0 spiro atoms. The number of sulfonamides is 1. The van der Waals surface area contributed by atoms with Gasteiger partial charge in [-0.15, -0.1) is 0 Å². The first kappa shape index (κ1) is 19.1. The second kappa shape index (κ2) is 8.27. The fourth-order valence-corrected chi connectivity index (χ4v) is 3.37. The number of hydrogen-bond acceptors (Lipinski definition) is 3. The van der Waals surface area contributed by atoms with E-state index in [4.69, 9.17) is 0 Å². The summed E-state index contributed by atoms with van der Waals surface area (Å²) in [7, 11) is -3.36. The molecule has 0 aliphatic carbocycles. The molecule has 0 saturated heterocycles. The summed E-state index contributed by atoms with van der Waals surface area (Å²) in [6.07, 6.45) is 1.19. The van der Waals surface area contributed by atoms with Crippen molar-refractivity contribution in [2.75, 3.05) is 19.3 Å². The van der Waals surface area contributed by atoms with Crippen LogP contribution in [0.25, 0.3) is 0 Å². The van der Waals surface area contributed by atoms with Crippen LogP contribution in [-0.2, 0) is 16.6 Å². The van der Waals surface area contributed by atoms with Crippen LogP contribution >= 0.6 is 0 Å². The van der Waals surface area contributed by atoms with Gasteiger partial charge in [-0.3, -0.25) is 4.79 Å². The number of aryl methyl sites for hydroxylation is 2. The predicted molar refractivity (Wildman–Crippen MR) is 99.9 cm³/mol. The molecule has 25 heavy (non-hydrogen) atoms. The first-order valence-electron chi connectivity index (χ1n) is 8.11. The van der Waals surface area contributed by atoms with E-state index in [0.29, 0.717) is 12.1 Å². The number of hydrogen-bond donors (Lipinski definition) is 1. The maximum absolute atomic E-state index is 12.2. The topological polar surface area (TPSA) is 66.5 Å². The molecule has 2 aromatic carbocycles. The van der Waals surface area contributed by atoms with Crippen LogP contribution in [0.15, 0.2) is 48.5 Å². The maximum Gasteiger partial charge on any atom is 0.251 e. The van der Waals surface area contributed by atoms with E-state index in [9.17, 15) is 13.2 Å². The zero-order chi connectivity index (χ0) is 18.4. The van der Waals surface area contributed by atoms with Gasteiger partial charge in [0.15, 0.2) is 0 Å². The summed E-state index contributed by atoms with van der Waals surface area (Å²) in [5, 5.41) is 2.78. The van der Waals surface area contributed by atoms with Crippen molar-refractivity contribution in [2.24, 2.45) is 0 Å². The Labute approximate surface area is 149 Å². The lowest BCUT2D eigenvalue weighted by Gasteiger charge is -2.20. The molecule has 0 heterocycles. The Morgan fingerprint density at radius 1 is 1.04 bits per heavy atom. The van der Waals surface area contributed by atoms with Gasteiger partial charge in [0.1, 0.15) is 0 Å². The first-order valence-corrected chi connectivity index (χ1v) is 9.96. The summed E-state index contributed by atoms with van der Waals surface area (Å²) in [6, 6.07) is 15.0. The van der Waals surface area contributed by atoms with Crippen molar-refractivity contribution in [3.05, 3.63) is 70.8 Å². The Morgan fingerprint density at radius 2 is 1.68 bits per heavy atom. The van der Waals surface area contributed by atoms with Gasteiger partial charge in [-0.1, -0.05) is 47.5 Å². The molecule has 2 aromatic rings. The van der Waals surface area contributed by atoms with Gasteiger partial charge in [0.25, 0.3) is 5.91 Å². The molecule has 1 N–H and O–H groups in total. The second-order valence-electron chi connectivity index (χ2n) is 6.21. The minimum Gasteiger partial charge on any atom is -0.351 e. The smallest absolute Gasteiger partial charge is 0.251 e. The highest BCUT2D eigenvalue weighted by Gasteiger charge is 2.17. The molecular formula is C19H24N2O3S. The van der Waals surface area contributed by atoms with Crippen LogP contribution in [0.4, 0.5) is 0 Å². The van der Waals surface area contributed by atoms with Gasteiger partial charge in [-0.2, -0.15) is 4.31 Å². The van der Waals surface area contributed by atoms with Crippen LogP contribution in [0.3, 0.4) is 0 Å². The Morgan fingerprint density at radius 3 is 2.28 bits per heavy atom. The number of carbonyl (C=O) groups excluding carboxylic acids is 1. The highest BCUT2D eigenvalue weighted by atomic mass is 32.2. The summed E-state index contributed by atoms with van der Waals surface area (Å²) >= 11 is 0. The Kier molecular flexibility index (Phi) is 6.33. The Bertz CT molecular complexity index is 847. The SMILES string of the molecule is Cc1cccc(CN(CCNC(=O)c2cccc(C)c2)S(C)(=O)=O)c1. The minimum atomic E-state index is -3.36. The highest BCUT2D eigenvalue weighted by Crippen LogP contribution is 2.10. The van der Waals surface area contributed by atoms with E-state index in [-0.39, 0.29) is 19.0 Å². The molecule has 0 aliphatic heterocycles. The molecule has 0 aliphatic rings. The lowest BCUT2D eigenvalue weighted by Crippen LogP contribution is -2.37. The van der Waals surface area contributed by atoms with Gasteiger partial charge < -0.3 is 5.32 Å². The number of benzene rings is 2. The molecule has 134 valence electrons. The number of amides is 1. The Balaban J connectivity index is 1.98. The van der Waals surface area contributed by atoms with Crippen LogP contribution < -0.4 is 5.32 Å². The molecule has 1 amide bonds. The number of nitrogens with one attached hydrogen (secondary N) is 1. The molecule has 5 nitrogen and oxygen atoms in total. The summed E-state index contributed by atoms with van der Waals surface area (Å²) in [4.78, 5) is 12.2. The number of nitrogens with zero attached hydrogens (tertiary/aromatic N) is 1. The van der Waals surface area contributed by atoms with E-state index in [2.05, 4.69) is 5.32 Å². The molecule has 0 aromatic heterocycles. The molecule has 0 saturated carbocycles. The normalized spacial score (nSPS) is 11.5. The minimum absolute atomic E-state index is 0.201. The van der Waals surface area contributed by atoms with E-state index in [1.54, 1.807) is 12.1 Å². The van der Waals surface area contributed by atoms with Crippen molar-refractivity contribution in [1.29, 1.82) is 0 Å². The van der Waals surface area contributed by atoms with Crippen molar-refractivity contribution in [2.45, 2.75) is 20.4 Å². The summed E-state index contributed by atoms with van der Waals surface area (Å²) in [6.45, 7) is 4.66. The molecule has 0 unspecified atom stereocenters. The second-order valence-corrected chi connectivity index (χ2v) is 8.19. The molecule has 0 atom stereocenters.